The molecule has 4 unspecified atom stereocenters. The molecule has 2 bridgehead atoms. The Balaban J connectivity index is 2.88. The zero-order valence-corrected chi connectivity index (χ0v) is 10.4. The fourth-order valence-corrected chi connectivity index (χ4v) is 3.02. The molecule has 3 nitrogen and oxygen atoms in total. The predicted octanol–water partition coefficient (Wildman–Crippen LogP) is 1.50. The van der Waals surface area contributed by atoms with E-state index < -0.39 is 60.0 Å². The minimum absolute atomic E-state index is 2.51. The Bertz CT molecular complexity index is 500. The van der Waals surface area contributed by atoms with Crippen molar-refractivity contribution in [3.63, 3.8) is 0 Å². The largest absolute Gasteiger partial charge is 0.383 e. The summed E-state index contributed by atoms with van der Waals surface area (Å²) in [6.45, 7) is -2.82. The molecular formula is C10H9F9O3. The number of rotatable bonds is 1. The Morgan fingerprint density at radius 1 is 0.682 bits per heavy atom. The van der Waals surface area contributed by atoms with Gasteiger partial charge in [0.1, 0.15) is 12.3 Å². The van der Waals surface area contributed by atoms with Gasteiger partial charge in [0, 0.05) is 12.8 Å². The lowest BCUT2D eigenvalue weighted by atomic mass is 9.54. The summed E-state index contributed by atoms with van der Waals surface area (Å²) < 4.78 is 123. The molecule has 4 atom stereocenters. The third-order valence-electron chi connectivity index (χ3n) is 4.30. The fourth-order valence-electron chi connectivity index (χ4n) is 3.02. The third kappa shape index (κ3) is 1.38. The summed E-state index contributed by atoms with van der Waals surface area (Å²) >= 11 is 0. The fraction of sp³-hybridized carbons (Fsp3) is 1.00. The van der Waals surface area contributed by atoms with Crippen LogP contribution in [0.15, 0.2) is 0 Å². The standard InChI is InChI=1S/C10H9F9O3/c11-3-4(12)1-5(20)2-6(13,21)10(18,19)7(22,8(4,14)15)9(5,16)17/h20-22H,1-3H2. The van der Waals surface area contributed by atoms with E-state index in [1.165, 1.54) is 0 Å². The predicted molar refractivity (Wildman–Crippen MR) is 49.8 cm³/mol. The molecule has 0 heterocycles. The maximum absolute atomic E-state index is 13.9. The van der Waals surface area contributed by atoms with Crippen molar-refractivity contribution in [2.45, 2.75) is 53.3 Å². The van der Waals surface area contributed by atoms with E-state index in [-0.39, 0.29) is 0 Å². The Labute approximate surface area is 116 Å². The zero-order valence-electron chi connectivity index (χ0n) is 10.4. The van der Waals surface area contributed by atoms with Gasteiger partial charge in [0.25, 0.3) is 11.5 Å². The normalized spacial score (nSPS) is 52.4. The maximum Gasteiger partial charge on any atom is 0.345 e. The second-order valence-electron chi connectivity index (χ2n) is 5.68. The van der Waals surface area contributed by atoms with Crippen LogP contribution in [0.3, 0.4) is 0 Å². The molecule has 3 N–H and O–H groups in total. The van der Waals surface area contributed by atoms with Crippen LogP contribution in [0.4, 0.5) is 39.5 Å². The molecule has 130 valence electrons. The van der Waals surface area contributed by atoms with Crippen LogP contribution in [-0.2, 0) is 0 Å². The summed E-state index contributed by atoms with van der Waals surface area (Å²) in [5.41, 5.74) is -15.4. The maximum atomic E-state index is 13.9. The first-order chi connectivity index (χ1) is 9.47. The van der Waals surface area contributed by atoms with Crippen LogP contribution in [-0.4, -0.2) is 62.5 Å². The monoisotopic (exact) mass is 348 g/mol. The van der Waals surface area contributed by atoms with Crippen LogP contribution in [0.2, 0.25) is 0 Å². The smallest absolute Gasteiger partial charge is 0.345 e. The van der Waals surface area contributed by atoms with Crippen molar-refractivity contribution in [1.82, 2.24) is 0 Å². The lowest BCUT2D eigenvalue weighted by molar-refractivity contribution is -0.501. The molecule has 2 rings (SSSR count). The van der Waals surface area contributed by atoms with Crippen LogP contribution in [0, 0.1) is 0 Å². The molecule has 0 aliphatic heterocycles. The molecule has 2 fully saturated rings. The molecule has 0 aromatic heterocycles. The molecule has 0 radical (unpaired) electrons. The highest BCUT2D eigenvalue weighted by molar-refractivity contribution is 5.33. The zero-order chi connectivity index (χ0) is 17.6. The molecule has 12 heteroatoms. The van der Waals surface area contributed by atoms with Gasteiger partial charge in [-0.1, -0.05) is 0 Å². The van der Waals surface area contributed by atoms with Crippen LogP contribution >= 0.6 is 0 Å². The lowest BCUT2D eigenvalue weighted by Gasteiger charge is -2.63. The summed E-state index contributed by atoms with van der Waals surface area (Å²) in [5, 5.41) is 27.5. The van der Waals surface area contributed by atoms with E-state index >= 15 is 0 Å². The molecule has 0 spiro atoms. The van der Waals surface area contributed by atoms with E-state index in [1.807, 2.05) is 0 Å². The van der Waals surface area contributed by atoms with E-state index in [2.05, 4.69) is 0 Å². The highest BCUT2D eigenvalue weighted by atomic mass is 19.3. The molecule has 2 aliphatic carbocycles. The Morgan fingerprint density at radius 2 is 1.14 bits per heavy atom. The van der Waals surface area contributed by atoms with Crippen molar-refractivity contribution >= 4 is 0 Å². The first-order valence-corrected chi connectivity index (χ1v) is 5.72. The van der Waals surface area contributed by atoms with E-state index in [0.717, 1.165) is 0 Å². The molecule has 0 saturated heterocycles. The van der Waals surface area contributed by atoms with Crippen molar-refractivity contribution in [1.29, 1.82) is 0 Å². The molecule has 22 heavy (non-hydrogen) atoms. The highest BCUT2D eigenvalue weighted by Gasteiger charge is 2.98. The summed E-state index contributed by atoms with van der Waals surface area (Å²) in [4.78, 5) is 0. The van der Waals surface area contributed by atoms with Crippen LogP contribution in [0.25, 0.3) is 0 Å². The number of fused-ring (bicyclic) bond motifs is 2. The van der Waals surface area contributed by atoms with Crippen molar-refractivity contribution in [3.05, 3.63) is 0 Å². The Kier molecular flexibility index (Phi) is 3.07. The third-order valence-corrected chi connectivity index (χ3v) is 4.30. The number of alkyl halides is 9. The van der Waals surface area contributed by atoms with Crippen molar-refractivity contribution in [3.8, 4) is 0 Å². The number of hydrogen-bond acceptors (Lipinski definition) is 3. The van der Waals surface area contributed by atoms with Crippen LogP contribution in [0.5, 0.6) is 0 Å². The van der Waals surface area contributed by atoms with E-state index in [1.54, 1.807) is 0 Å². The summed E-state index contributed by atoms with van der Waals surface area (Å²) in [6.07, 6.45) is -5.12. The molecule has 0 amide bonds. The second-order valence-corrected chi connectivity index (χ2v) is 5.68. The van der Waals surface area contributed by atoms with Gasteiger partial charge in [-0.05, 0) is 0 Å². The van der Waals surface area contributed by atoms with Gasteiger partial charge in [0.15, 0.2) is 0 Å². The van der Waals surface area contributed by atoms with Crippen LogP contribution in [0.1, 0.15) is 12.8 Å². The van der Waals surface area contributed by atoms with E-state index in [4.69, 9.17) is 5.11 Å². The first kappa shape index (κ1) is 17.6. The Hall–Kier alpha value is -0.750. The van der Waals surface area contributed by atoms with E-state index in [0.29, 0.717) is 0 Å². The number of aliphatic hydroxyl groups is 3. The Morgan fingerprint density at radius 3 is 1.55 bits per heavy atom. The minimum atomic E-state index is -6.31. The average Bonchev–Trinajstić information content (AvgIpc) is 2.33. The average molecular weight is 348 g/mol. The highest BCUT2D eigenvalue weighted by Crippen LogP contribution is 2.71. The second kappa shape index (κ2) is 3.83. The van der Waals surface area contributed by atoms with Crippen molar-refractivity contribution < 1.29 is 54.8 Å². The van der Waals surface area contributed by atoms with Crippen molar-refractivity contribution in [2.24, 2.45) is 0 Å². The van der Waals surface area contributed by atoms with Gasteiger partial charge in [-0.2, -0.15) is 26.3 Å². The quantitative estimate of drug-likeness (QED) is 0.630. The first-order valence-electron chi connectivity index (χ1n) is 5.72. The van der Waals surface area contributed by atoms with Crippen molar-refractivity contribution in [2.75, 3.05) is 6.67 Å². The molecule has 0 aromatic rings. The molecular weight excluding hydrogens is 339 g/mol. The van der Waals surface area contributed by atoms with Gasteiger partial charge in [0.2, 0.25) is 5.67 Å². The van der Waals surface area contributed by atoms with Gasteiger partial charge in [-0.3, -0.25) is 0 Å². The van der Waals surface area contributed by atoms with Gasteiger partial charge >= 0.3 is 17.8 Å². The lowest BCUT2D eigenvalue weighted by Crippen LogP contribution is -2.91. The number of halogens is 9. The molecule has 2 saturated carbocycles. The SMILES string of the molecule is OC1(F)CC2(O)CC(F)(CF)C(F)(F)C(O)(C1(F)F)C2(F)F. The molecule has 0 aromatic carbocycles. The van der Waals surface area contributed by atoms with Gasteiger partial charge in [0.05, 0.1) is 0 Å². The van der Waals surface area contributed by atoms with Gasteiger partial charge < -0.3 is 15.3 Å². The van der Waals surface area contributed by atoms with Gasteiger partial charge in [-0.15, -0.1) is 0 Å². The molecule has 2 aliphatic rings. The summed E-state index contributed by atoms with van der Waals surface area (Å²) in [5.74, 6) is -23.6. The number of hydrogen-bond donors (Lipinski definition) is 3. The summed E-state index contributed by atoms with van der Waals surface area (Å²) in [6, 6.07) is 0. The van der Waals surface area contributed by atoms with Gasteiger partial charge in [-0.25, -0.2) is 13.2 Å². The topological polar surface area (TPSA) is 60.7 Å². The van der Waals surface area contributed by atoms with Crippen LogP contribution < -0.4 is 0 Å². The van der Waals surface area contributed by atoms with E-state index in [9.17, 15) is 49.7 Å². The minimum Gasteiger partial charge on any atom is -0.383 e. The summed E-state index contributed by atoms with van der Waals surface area (Å²) in [7, 11) is 0.